The summed E-state index contributed by atoms with van der Waals surface area (Å²) in [5, 5.41) is 3.85. The highest BCUT2D eigenvalue weighted by Crippen LogP contribution is 2.56. The fourth-order valence-corrected chi connectivity index (χ4v) is 5.31. The van der Waals surface area contributed by atoms with Gasteiger partial charge in [-0.15, -0.1) is 11.3 Å². The number of halogens is 3. The molecule has 1 spiro atoms. The molecule has 0 radical (unpaired) electrons. The summed E-state index contributed by atoms with van der Waals surface area (Å²) in [6.07, 6.45) is -0.638. The van der Waals surface area contributed by atoms with Gasteiger partial charge in [0.05, 0.1) is 16.6 Å². The van der Waals surface area contributed by atoms with Crippen LogP contribution in [0.3, 0.4) is 0 Å². The third kappa shape index (κ3) is 3.85. The van der Waals surface area contributed by atoms with Crippen LogP contribution in [0.1, 0.15) is 48.2 Å². The third-order valence-corrected chi connectivity index (χ3v) is 6.92. The molecule has 1 saturated heterocycles. The van der Waals surface area contributed by atoms with E-state index in [2.05, 4.69) is 17.2 Å². The van der Waals surface area contributed by atoms with Crippen molar-refractivity contribution < 1.29 is 18.0 Å². The number of hydrogen-bond acceptors (Lipinski definition) is 3. The van der Waals surface area contributed by atoms with Crippen LogP contribution in [0.2, 0.25) is 0 Å². The summed E-state index contributed by atoms with van der Waals surface area (Å²) in [6, 6.07) is -0.249. The molecule has 1 saturated carbocycles. The number of nitrogens with zero attached hydrogens (tertiary/aromatic N) is 2. The van der Waals surface area contributed by atoms with Crippen LogP contribution < -0.4 is 5.32 Å². The maximum atomic E-state index is 13.3. The van der Waals surface area contributed by atoms with E-state index in [0.717, 1.165) is 23.5 Å². The molecule has 146 valence electrons. The average molecular weight is 389 g/mol. The average Bonchev–Trinajstić information content (AvgIpc) is 2.91. The number of urea groups is 1. The number of aryl methyl sites for hydroxylation is 2. The van der Waals surface area contributed by atoms with Gasteiger partial charge in [0.25, 0.3) is 0 Å². The van der Waals surface area contributed by atoms with Gasteiger partial charge in [0.2, 0.25) is 0 Å². The van der Waals surface area contributed by atoms with Gasteiger partial charge in [-0.1, -0.05) is 13.3 Å². The number of amides is 2. The monoisotopic (exact) mass is 389 g/mol. The number of nitrogens with one attached hydrogen (secondary N) is 1. The minimum absolute atomic E-state index is 0.0163. The summed E-state index contributed by atoms with van der Waals surface area (Å²) >= 11 is 1.64. The molecule has 0 bridgehead atoms. The normalized spacial score (nSPS) is 22.3. The van der Waals surface area contributed by atoms with Crippen LogP contribution >= 0.6 is 11.3 Å². The zero-order valence-corrected chi connectivity index (χ0v) is 16.1. The molecular weight excluding hydrogens is 363 g/mol. The van der Waals surface area contributed by atoms with Crippen molar-refractivity contribution in [2.45, 2.75) is 58.5 Å². The summed E-state index contributed by atoms with van der Waals surface area (Å²) < 4.78 is 39.9. The Kier molecular flexibility index (Phi) is 5.51. The fraction of sp³-hybridized carbons (Fsp3) is 0.778. The van der Waals surface area contributed by atoms with E-state index in [1.54, 1.807) is 16.2 Å². The van der Waals surface area contributed by atoms with Gasteiger partial charge < -0.3 is 10.2 Å². The summed E-state index contributed by atoms with van der Waals surface area (Å²) in [6.45, 7) is 4.96. The Morgan fingerprint density at radius 3 is 2.69 bits per heavy atom. The van der Waals surface area contributed by atoms with Gasteiger partial charge in [0.15, 0.2) is 0 Å². The van der Waals surface area contributed by atoms with Gasteiger partial charge >= 0.3 is 12.2 Å². The van der Waals surface area contributed by atoms with Crippen molar-refractivity contribution in [3.8, 4) is 0 Å². The van der Waals surface area contributed by atoms with Gasteiger partial charge in [-0.2, -0.15) is 13.2 Å². The Hall–Kier alpha value is -1.31. The van der Waals surface area contributed by atoms with Gasteiger partial charge in [-0.25, -0.2) is 9.78 Å². The SMILES string of the molecule is CCc1nc(CCNC(=O)N2CCC(C(F)(F)F)C3(CCC3)C2)sc1C. The zero-order chi connectivity index (χ0) is 18.9. The third-order valence-electron chi connectivity index (χ3n) is 5.85. The lowest BCUT2D eigenvalue weighted by atomic mass is 9.58. The van der Waals surface area contributed by atoms with E-state index in [1.807, 2.05) is 6.92 Å². The minimum Gasteiger partial charge on any atom is -0.338 e. The molecule has 0 aromatic carbocycles. The Morgan fingerprint density at radius 1 is 1.42 bits per heavy atom. The molecule has 1 aromatic heterocycles. The Balaban J connectivity index is 1.52. The van der Waals surface area contributed by atoms with Crippen LogP contribution in [0.25, 0.3) is 0 Å². The predicted molar refractivity (Wildman–Crippen MR) is 95.4 cm³/mol. The van der Waals surface area contributed by atoms with Gasteiger partial charge in [0, 0.05) is 30.9 Å². The molecule has 1 aliphatic carbocycles. The Bertz CT molecular complexity index is 655. The molecule has 1 aliphatic heterocycles. The first-order valence-corrected chi connectivity index (χ1v) is 10.1. The van der Waals surface area contributed by atoms with E-state index < -0.39 is 17.5 Å². The largest absolute Gasteiger partial charge is 0.392 e. The molecule has 8 heteroatoms. The predicted octanol–water partition coefficient (Wildman–Crippen LogP) is 4.32. The zero-order valence-electron chi connectivity index (χ0n) is 15.3. The molecule has 2 fully saturated rings. The highest BCUT2D eigenvalue weighted by atomic mass is 32.1. The molecule has 1 unspecified atom stereocenters. The lowest BCUT2D eigenvalue weighted by Crippen LogP contribution is -2.59. The van der Waals surface area contributed by atoms with E-state index in [0.29, 0.717) is 25.8 Å². The first-order chi connectivity index (χ1) is 12.2. The second kappa shape index (κ2) is 7.37. The number of alkyl halides is 3. The Morgan fingerprint density at radius 2 is 2.15 bits per heavy atom. The standard InChI is InChI=1S/C18H26F3N3OS/c1-3-13-12(2)26-15(23-13)5-9-22-16(25)24-10-6-14(18(19,20)21)17(11-24)7-4-8-17/h14H,3-11H2,1-2H3,(H,22,25). The first kappa shape index (κ1) is 19.5. The number of likely N-dealkylation sites (tertiary alicyclic amines) is 1. The van der Waals surface area contributed by atoms with Crippen molar-refractivity contribution in [3.63, 3.8) is 0 Å². The summed E-state index contributed by atoms with van der Waals surface area (Å²) in [4.78, 5) is 19.7. The number of piperidine rings is 1. The van der Waals surface area contributed by atoms with E-state index >= 15 is 0 Å². The summed E-state index contributed by atoms with van der Waals surface area (Å²) in [5.74, 6) is -1.27. The number of carbonyl (C=O) groups is 1. The number of thiazole rings is 1. The fourth-order valence-electron chi connectivity index (χ4n) is 4.29. The van der Waals surface area contributed by atoms with Crippen molar-refractivity contribution in [1.82, 2.24) is 15.2 Å². The number of aromatic nitrogens is 1. The van der Waals surface area contributed by atoms with Gasteiger partial charge in [-0.05, 0) is 38.0 Å². The van der Waals surface area contributed by atoms with E-state index in [1.165, 1.54) is 4.88 Å². The van der Waals surface area contributed by atoms with Crippen LogP contribution in [0.15, 0.2) is 0 Å². The minimum atomic E-state index is -4.16. The van der Waals surface area contributed by atoms with Crippen LogP contribution in [-0.2, 0) is 12.8 Å². The second-order valence-corrected chi connectivity index (χ2v) is 8.75. The maximum Gasteiger partial charge on any atom is 0.392 e. The van der Waals surface area contributed by atoms with Crippen LogP contribution in [0.4, 0.5) is 18.0 Å². The number of rotatable bonds is 4. The van der Waals surface area contributed by atoms with E-state index in [-0.39, 0.29) is 25.5 Å². The van der Waals surface area contributed by atoms with Gasteiger partial charge in [0.1, 0.15) is 0 Å². The van der Waals surface area contributed by atoms with Crippen LogP contribution in [0, 0.1) is 18.3 Å². The quantitative estimate of drug-likeness (QED) is 0.834. The van der Waals surface area contributed by atoms with Crippen molar-refractivity contribution >= 4 is 17.4 Å². The van der Waals surface area contributed by atoms with Crippen molar-refractivity contribution in [2.75, 3.05) is 19.6 Å². The molecule has 2 amide bonds. The second-order valence-electron chi connectivity index (χ2n) is 7.47. The highest BCUT2D eigenvalue weighted by molar-refractivity contribution is 7.11. The van der Waals surface area contributed by atoms with Gasteiger partial charge in [-0.3, -0.25) is 0 Å². The molecule has 1 aromatic rings. The molecule has 1 N–H and O–H groups in total. The molecule has 3 rings (SSSR count). The maximum absolute atomic E-state index is 13.3. The van der Waals surface area contributed by atoms with Crippen LogP contribution in [-0.4, -0.2) is 41.7 Å². The van der Waals surface area contributed by atoms with Crippen molar-refractivity contribution in [3.05, 3.63) is 15.6 Å². The molecule has 26 heavy (non-hydrogen) atoms. The first-order valence-electron chi connectivity index (χ1n) is 9.30. The lowest BCUT2D eigenvalue weighted by Gasteiger charge is -2.54. The molecule has 1 atom stereocenters. The number of hydrogen-bond donors (Lipinski definition) is 1. The molecule has 2 aliphatic rings. The van der Waals surface area contributed by atoms with Crippen molar-refractivity contribution in [2.24, 2.45) is 11.3 Å². The Labute approximate surface area is 156 Å². The topological polar surface area (TPSA) is 45.2 Å². The number of carbonyl (C=O) groups excluding carboxylic acids is 1. The summed E-state index contributed by atoms with van der Waals surface area (Å²) in [5.41, 5.74) is 0.341. The summed E-state index contributed by atoms with van der Waals surface area (Å²) in [7, 11) is 0. The van der Waals surface area contributed by atoms with Crippen molar-refractivity contribution in [1.29, 1.82) is 0 Å². The lowest BCUT2D eigenvalue weighted by molar-refractivity contribution is -0.235. The van der Waals surface area contributed by atoms with E-state index in [4.69, 9.17) is 0 Å². The van der Waals surface area contributed by atoms with E-state index in [9.17, 15) is 18.0 Å². The van der Waals surface area contributed by atoms with Crippen LogP contribution in [0.5, 0.6) is 0 Å². The molecule has 4 nitrogen and oxygen atoms in total. The smallest absolute Gasteiger partial charge is 0.338 e. The highest BCUT2D eigenvalue weighted by Gasteiger charge is 2.58. The molecular formula is C18H26F3N3OS. The molecule has 2 heterocycles.